The molecule has 2 aromatic heterocycles. The van der Waals surface area contributed by atoms with Crippen molar-refractivity contribution in [2.75, 3.05) is 10.6 Å². The van der Waals surface area contributed by atoms with Crippen LogP contribution in [-0.2, 0) is 6.54 Å². The van der Waals surface area contributed by atoms with Crippen LogP contribution in [0.5, 0.6) is 0 Å². The third kappa shape index (κ3) is 4.33. The third-order valence-electron chi connectivity index (χ3n) is 3.35. The summed E-state index contributed by atoms with van der Waals surface area (Å²) in [5.41, 5.74) is 1.81. The van der Waals surface area contributed by atoms with E-state index in [1.807, 2.05) is 24.3 Å². The number of nitrogens with zero attached hydrogens (tertiary/aromatic N) is 3. The van der Waals surface area contributed by atoms with Gasteiger partial charge in [-0.25, -0.2) is 9.97 Å². The quantitative estimate of drug-likeness (QED) is 0.724. The van der Waals surface area contributed by atoms with Crippen molar-refractivity contribution in [3.05, 3.63) is 64.1 Å². The Morgan fingerprint density at radius 1 is 1.20 bits per heavy atom. The second kappa shape index (κ2) is 7.31. The minimum atomic E-state index is -0.389. The molecule has 0 aliphatic heterocycles. The van der Waals surface area contributed by atoms with Crippen LogP contribution in [-0.4, -0.2) is 21.0 Å². The molecule has 2 N–H and O–H groups in total. The van der Waals surface area contributed by atoms with Gasteiger partial charge in [0.05, 0.1) is 0 Å². The van der Waals surface area contributed by atoms with Crippen LogP contribution >= 0.6 is 11.6 Å². The van der Waals surface area contributed by atoms with Crippen LogP contribution in [0.1, 0.15) is 27.5 Å². The van der Waals surface area contributed by atoms with Crippen molar-refractivity contribution in [3.8, 4) is 0 Å². The molecule has 1 amide bonds. The van der Waals surface area contributed by atoms with E-state index in [9.17, 15) is 4.79 Å². The second-order valence-corrected chi connectivity index (χ2v) is 5.85. The molecule has 0 spiro atoms. The second-order valence-electron chi connectivity index (χ2n) is 5.44. The fourth-order valence-electron chi connectivity index (χ4n) is 2.19. The number of amides is 1. The van der Waals surface area contributed by atoms with Crippen molar-refractivity contribution in [1.82, 2.24) is 15.1 Å². The summed E-state index contributed by atoms with van der Waals surface area (Å²) >= 11 is 6.13. The van der Waals surface area contributed by atoms with E-state index in [2.05, 4.69) is 25.8 Å². The third-order valence-corrected chi connectivity index (χ3v) is 3.72. The Kier molecular flexibility index (Phi) is 4.95. The van der Waals surface area contributed by atoms with Crippen LogP contribution in [0.15, 0.2) is 40.9 Å². The Morgan fingerprint density at radius 3 is 2.72 bits per heavy atom. The predicted molar refractivity (Wildman–Crippen MR) is 94.7 cm³/mol. The largest absolute Gasteiger partial charge is 0.360 e. The molecule has 0 fully saturated rings. The number of aromatic nitrogens is 3. The number of carbonyl (C=O) groups excluding carboxylic acids is 1. The summed E-state index contributed by atoms with van der Waals surface area (Å²) in [4.78, 5) is 20.9. The molecule has 0 saturated carbocycles. The first-order valence-corrected chi connectivity index (χ1v) is 7.96. The normalized spacial score (nSPS) is 10.5. The van der Waals surface area contributed by atoms with E-state index in [-0.39, 0.29) is 11.6 Å². The fraction of sp³-hybridized carbons (Fsp3) is 0.176. The molecule has 0 saturated heterocycles. The molecule has 2 heterocycles. The van der Waals surface area contributed by atoms with Crippen LogP contribution in [0.3, 0.4) is 0 Å². The van der Waals surface area contributed by atoms with Gasteiger partial charge in [0.25, 0.3) is 5.91 Å². The Balaban J connectivity index is 1.73. The zero-order valence-corrected chi connectivity index (χ0v) is 14.5. The van der Waals surface area contributed by atoms with Gasteiger partial charge in [0.2, 0.25) is 5.95 Å². The summed E-state index contributed by atoms with van der Waals surface area (Å²) in [6.07, 6.45) is 0. The first-order valence-electron chi connectivity index (χ1n) is 7.59. The molecule has 1 aromatic carbocycles. The fourth-order valence-corrected chi connectivity index (χ4v) is 2.39. The van der Waals surface area contributed by atoms with Crippen molar-refractivity contribution >= 4 is 29.3 Å². The van der Waals surface area contributed by atoms with E-state index in [4.69, 9.17) is 16.1 Å². The zero-order chi connectivity index (χ0) is 17.8. The molecule has 0 atom stereocenters. The molecule has 128 valence electrons. The Labute approximate surface area is 149 Å². The number of rotatable bonds is 5. The van der Waals surface area contributed by atoms with Gasteiger partial charge in [-0.3, -0.25) is 4.79 Å². The van der Waals surface area contributed by atoms with Gasteiger partial charge >= 0.3 is 0 Å². The highest BCUT2D eigenvalue weighted by Gasteiger charge is 2.13. The van der Waals surface area contributed by atoms with Gasteiger partial charge in [0.1, 0.15) is 11.5 Å². The molecule has 8 heteroatoms. The predicted octanol–water partition coefficient (Wildman–Crippen LogP) is 3.60. The minimum absolute atomic E-state index is 0.231. The molecular weight excluding hydrogens is 342 g/mol. The molecule has 25 heavy (non-hydrogen) atoms. The van der Waals surface area contributed by atoms with Crippen LogP contribution in [0.4, 0.5) is 11.8 Å². The van der Waals surface area contributed by atoms with Crippen LogP contribution in [0, 0.1) is 13.8 Å². The molecule has 7 nitrogen and oxygen atoms in total. The standard InChI is InChI=1S/C17H16ClN5O2/c1-10-7-14(16(24)22-15-8-11(2)25-23-15)21-17(20-10)19-9-12-5-3-4-6-13(12)18/h3-8H,9H2,1-2H3,(H,19,20,21)(H,22,23,24). The minimum Gasteiger partial charge on any atom is -0.360 e. The van der Waals surface area contributed by atoms with Gasteiger partial charge in [-0.05, 0) is 31.5 Å². The van der Waals surface area contributed by atoms with Crippen molar-refractivity contribution < 1.29 is 9.32 Å². The Hall–Kier alpha value is -2.93. The number of aryl methyl sites for hydroxylation is 2. The van der Waals surface area contributed by atoms with Crippen LogP contribution < -0.4 is 10.6 Å². The maximum atomic E-state index is 12.3. The maximum Gasteiger partial charge on any atom is 0.275 e. The lowest BCUT2D eigenvalue weighted by Crippen LogP contribution is -2.16. The summed E-state index contributed by atoms with van der Waals surface area (Å²) < 4.78 is 4.93. The number of hydrogen-bond donors (Lipinski definition) is 2. The molecule has 0 aliphatic carbocycles. The zero-order valence-electron chi connectivity index (χ0n) is 13.7. The number of hydrogen-bond acceptors (Lipinski definition) is 6. The number of carbonyl (C=O) groups is 1. The Bertz CT molecular complexity index is 910. The van der Waals surface area contributed by atoms with E-state index in [0.29, 0.717) is 34.8 Å². The smallest absolute Gasteiger partial charge is 0.275 e. The summed E-state index contributed by atoms with van der Waals surface area (Å²) in [5.74, 6) is 0.904. The van der Waals surface area contributed by atoms with Gasteiger partial charge in [0, 0.05) is 23.3 Å². The number of benzene rings is 1. The van der Waals surface area contributed by atoms with E-state index in [1.54, 1.807) is 26.0 Å². The van der Waals surface area contributed by atoms with Gasteiger partial charge in [-0.15, -0.1) is 0 Å². The van der Waals surface area contributed by atoms with E-state index >= 15 is 0 Å². The van der Waals surface area contributed by atoms with Crippen molar-refractivity contribution in [2.45, 2.75) is 20.4 Å². The van der Waals surface area contributed by atoms with Crippen molar-refractivity contribution in [3.63, 3.8) is 0 Å². The highest BCUT2D eigenvalue weighted by Crippen LogP contribution is 2.16. The summed E-state index contributed by atoms with van der Waals surface area (Å²) in [5, 5.41) is 10.1. The van der Waals surface area contributed by atoms with Gasteiger partial charge in [-0.1, -0.05) is 35.0 Å². The summed E-state index contributed by atoms with van der Waals surface area (Å²) in [6.45, 7) is 3.99. The maximum absolute atomic E-state index is 12.3. The van der Waals surface area contributed by atoms with Crippen LogP contribution in [0.2, 0.25) is 5.02 Å². The van der Waals surface area contributed by atoms with Crippen molar-refractivity contribution in [1.29, 1.82) is 0 Å². The van der Waals surface area contributed by atoms with E-state index in [1.165, 1.54) is 0 Å². The highest BCUT2D eigenvalue weighted by molar-refractivity contribution is 6.31. The molecule has 0 unspecified atom stereocenters. The summed E-state index contributed by atoms with van der Waals surface area (Å²) in [7, 11) is 0. The lowest BCUT2D eigenvalue weighted by Gasteiger charge is -2.09. The summed E-state index contributed by atoms with van der Waals surface area (Å²) in [6, 6.07) is 10.7. The molecular formula is C17H16ClN5O2. The van der Waals surface area contributed by atoms with Crippen molar-refractivity contribution in [2.24, 2.45) is 0 Å². The molecule has 0 radical (unpaired) electrons. The molecule has 0 bridgehead atoms. The number of anilines is 2. The average Bonchev–Trinajstić information content (AvgIpc) is 2.98. The highest BCUT2D eigenvalue weighted by atomic mass is 35.5. The molecule has 3 rings (SSSR count). The monoisotopic (exact) mass is 357 g/mol. The molecule has 0 aliphatic rings. The SMILES string of the molecule is Cc1cc(C(=O)Nc2cc(C)on2)nc(NCc2ccccc2Cl)n1. The topological polar surface area (TPSA) is 92.9 Å². The van der Waals surface area contributed by atoms with Crippen LogP contribution in [0.25, 0.3) is 0 Å². The lowest BCUT2D eigenvalue weighted by atomic mass is 10.2. The first kappa shape index (κ1) is 16.9. The van der Waals surface area contributed by atoms with Gasteiger partial charge < -0.3 is 15.2 Å². The van der Waals surface area contributed by atoms with Gasteiger partial charge in [-0.2, -0.15) is 0 Å². The Morgan fingerprint density at radius 2 is 2.00 bits per heavy atom. The van der Waals surface area contributed by atoms with E-state index in [0.717, 1.165) is 5.56 Å². The number of nitrogens with one attached hydrogen (secondary N) is 2. The average molecular weight is 358 g/mol. The van der Waals surface area contributed by atoms with E-state index < -0.39 is 0 Å². The molecule has 3 aromatic rings. The lowest BCUT2D eigenvalue weighted by molar-refractivity contribution is 0.102. The first-order chi connectivity index (χ1) is 12.0. The van der Waals surface area contributed by atoms with Gasteiger partial charge in [0.15, 0.2) is 5.82 Å². The number of halogens is 1.